The van der Waals surface area contributed by atoms with Crippen molar-refractivity contribution in [3.05, 3.63) is 90.4 Å². The Balaban J connectivity index is 1.69. The summed E-state index contributed by atoms with van der Waals surface area (Å²) >= 11 is 1.22. The molecule has 0 N–H and O–H groups in total. The van der Waals surface area contributed by atoms with Crippen LogP contribution in [0.25, 0.3) is 6.08 Å². The average molecular weight is 466 g/mol. The summed E-state index contributed by atoms with van der Waals surface area (Å²) < 4.78 is 31.5. The number of carbonyl (C=O) groups excluding carboxylic acids is 1. The lowest BCUT2D eigenvalue weighted by Crippen LogP contribution is -2.39. The third kappa shape index (κ3) is 3.74. The highest BCUT2D eigenvalue weighted by atomic mass is 32.1. The van der Waals surface area contributed by atoms with Crippen LogP contribution in [0.2, 0.25) is 0 Å². The first kappa shape index (κ1) is 21.1. The standard InChI is InChI=1S/C24H19FN2O5S/c1-3-30-23(29)20-13(2)26-24-27(21(20)15-5-7-16(25)8-6-15)22(28)19(33-24)11-14-4-9-17-18(10-14)32-12-31-17/h4-11,21H,3,12H2,1-2H3/b19-11+/t21-/m0/s1. The Morgan fingerprint density at radius 2 is 2.00 bits per heavy atom. The van der Waals surface area contributed by atoms with E-state index in [-0.39, 0.29) is 24.5 Å². The van der Waals surface area contributed by atoms with Crippen molar-refractivity contribution in [3.8, 4) is 11.5 Å². The fraction of sp³-hybridized carbons (Fsp3) is 0.208. The zero-order valence-corrected chi connectivity index (χ0v) is 18.6. The Kier molecular flexibility index (Phi) is 5.33. The van der Waals surface area contributed by atoms with Crippen molar-refractivity contribution < 1.29 is 23.4 Å². The first-order valence-electron chi connectivity index (χ1n) is 10.3. The normalized spacial score (nSPS) is 17.1. The van der Waals surface area contributed by atoms with Crippen LogP contribution in [0, 0.1) is 5.82 Å². The maximum Gasteiger partial charge on any atom is 0.338 e. The molecule has 0 aliphatic carbocycles. The molecule has 1 atom stereocenters. The smallest absolute Gasteiger partial charge is 0.338 e. The summed E-state index contributed by atoms with van der Waals surface area (Å²) in [6.07, 6.45) is 1.75. The van der Waals surface area contributed by atoms with Crippen molar-refractivity contribution in [2.75, 3.05) is 13.4 Å². The number of allylic oxidation sites excluding steroid dienone is 1. The fourth-order valence-corrected chi connectivity index (χ4v) is 4.95. The molecule has 0 bridgehead atoms. The molecule has 2 aromatic carbocycles. The summed E-state index contributed by atoms with van der Waals surface area (Å²) in [6, 6.07) is 10.4. The summed E-state index contributed by atoms with van der Waals surface area (Å²) in [4.78, 5) is 31.3. The fourth-order valence-electron chi connectivity index (χ4n) is 3.91. The molecule has 0 saturated carbocycles. The number of rotatable bonds is 4. The number of hydrogen-bond acceptors (Lipinski definition) is 7. The molecule has 0 amide bonds. The van der Waals surface area contributed by atoms with E-state index in [2.05, 4.69) is 4.99 Å². The molecule has 33 heavy (non-hydrogen) atoms. The van der Waals surface area contributed by atoms with E-state index >= 15 is 0 Å². The minimum absolute atomic E-state index is 0.161. The molecule has 5 rings (SSSR count). The number of nitrogens with zero attached hydrogens (tertiary/aromatic N) is 2. The van der Waals surface area contributed by atoms with Crippen molar-refractivity contribution in [2.24, 2.45) is 4.99 Å². The van der Waals surface area contributed by atoms with Gasteiger partial charge in [-0.15, -0.1) is 0 Å². The van der Waals surface area contributed by atoms with Crippen molar-refractivity contribution in [3.63, 3.8) is 0 Å². The third-order valence-electron chi connectivity index (χ3n) is 5.40. The highest BCUT2D eigenvalue weighted by Crippen LogP contribution is 2.33. The lowest BCUT2D eigenvalue weighted by Gasteiger charge is -2.24. The van der Waals surface area contributed by atoms with Gasteiger partial charge >= 0.3 is 5.97 Å². The lowest BCUT2D eigenvalue weighted by molar-refractivity contribution is -0.139. The predicted molar refractivity (Wildman–Crippen MR) is 119 cm³/mol. The minimum Gasteiger partial charge on any atom is -0.463 e. The van der Waals surface area contributed by atoms with E-state index < -0.39 is 17.8 Å². The van der Waals surface area contributed by atoms with Gasteiger partial charge in [-0.2, -0.15) is 0 Å². The average Bonchev–Trinajstić information content (AvgIpc) is 3.37. The number of fused-ring (bicyclic) bond motifs is 2. The molecule has 0 unspecified atom stereocenters. The second kappa shape index (κ2) is 8.32. The van der Waals surface area contributed by atoms with Gasteiger partial charge in [0.25, 0.3) is 5.56 Å². The van der Waals surface area contributed by atoms with E-state index in [9.17, 15) is 14.0 Å². The van der Waals surface area contributed by atoms with Gasteiger partial charge in [0.15, 0.2) is 16.3 Å². The van der Waals surface area contributed by atoms with E-state index in [0.717, 1.165) is 5.56 Å². The van der Waals surface area contributed by atoms with Crippen molar-refractivity contribution in [2.45, 2.75) is 19.9 Å². The summed E-state index contributed by atoms with van der Waals surface area (Å²) in [5, 5.41) is 0. The number of hydrogen-bond donors (Lipinski definition) is 0. The largest absolute Gasteiger partial charge is 0.463 e. The SMILES string of the molecule is CCOC(=O)C1=C(C)N=c2s/c(=C/c3ccc4c(c3)OCO4)c(=O)n2[C@H]1c1ccc(F)cc1. The number of benzene rings is 2. The van der Waals surface area contributed by atoms with Gasteiger partial charge in [0.1, 0.15) is 5.82 Å². The Bertz CT molecular complexity index is 1470. The molecule has 2 aliphatic rings. The number of carbonyl (C=O) groups is 1. The molecule has 3 heterocycles. The summed E-state index contributed by atoms with van der Waals surface area (Å²) in [7, 11) is 0. The maximum absolute atomic E-state index is 13.6. The predicted octanol–water partition coefficient (Wildman–Crippen LogP) is 2.67. The van der Waals surface area contributed by atoms with E-state index in [1.807, 2.05) is 6.07 Å². The molecular formula is C24H19FN2O5S. The number of ether oxygens (including phenoxy) is 3. The van der Waals surface area contributed by atoms with E-state index in [0.29, 0.717) is 32.1 Å². The molecule has 3 aromatic rings. The molecule has 168 valence electrons. The molecule has 0 spiro atoms. The van der Waals surface area contributed by atoms with Gasteiger partial charge in [-0.25, -0.2) is 14.2 Å². The Labute approximate surface area is 191 Å². The molecular weight excluding hydrogens is 447 g/mol. The second-order valence-corrected chi connectivity index (χ2v) is 8.48. The Hall–Kier alpha value is -3.72. The van der Waals surface area contributed by atoms with Crippen LogP contribution in [0.15, 0.2) is 63.5 Å². The molecule has 9 heteroatoms. The van der Waals surface area contributed by atoms with Crippen LogP contribution in [0.4, 0.5) is 4.39 Å². The Morgan fingerprint density at radius 1 is 1.24 bits per heavy atom. The third-order valence-corrected chi connectivity index (χ3v) is 6.38. The van der Waals surface area contributed by atoms with Gasteiger partial charge in [-0.1, -0.05) is 29.5 Å². The van der Waals surface area contributed by atoms with Crippen molar-refractivity contribution in [1.29, 1.82) is 0 Å². The van der Waals surface area contributed by atoms with Gasteiger partial charge < -0.3 is 14.2 Å². The van der Waals surface area contributed by atoms with Crippen LogP contribution in [0.1, 0.15) is 31.0 Å². The Morgan fingerprint density at radius 3 is 2.76 bits per heavy atom. The first-order chi connectivity index (χ1) is 16.0. The van der Waals surface area contributed by atoms with Crippen LogP contribution < -0.4 is 24.4 Å². The van der Waals surface area contributed by atoms with Gasteiger partial charge in [0.05, 0.1) is 28.5 Å². The highest BCUT2D eigenvalue weighted by molar-refractivity contribution is 7.07. The van der Waals surface area contributed by atoms with Crippen LogP contribution in [-0.2, 0) is 9.53 Å². The van der Waals surface area contributed by atoms with E-state index in [1.54, 1.807) is 44.2 Å². The highest BCUT2D eigenvalue weighted by Gasteiger charge is 2.33. The topological polar surface area (TPSA) is 79.1 Å². The number of esters is 1. The van der Waals surface area contributed by atoms with Crippen LogP contribution in [-0.4, -0.2) is 23.9 Å². The number of aromatic nitrogens is 1. The van der Waals surface area contributed by atoms with E-state index in [1.165, 1.54) is 28.0 Å². The second-order valence-electron chi connectivity index (χ2n) is 7.47. The zero-order chi connectivity index (χ0) is 23.1. The quantitative estimate of drug-likeness (QED) is 0.553. The van der Waals surface area contributed by atoms with Gasteiger partial charge in [0, 0.05) is 0 Å². The molecule has 0 radical (unpaired) electrons. The summed E-state index contributed by atoms with van der Waals surface area (Å²) in [5.41, 5.74) is 1.76. The summed E-state index contributed by atoms with van der Waals surface area (Å²) in [6.45, 7) is 3.76. The molecule has 1 aromatic heterocycles. The minimum atomic E-state index is -0.778. The lowest BCUT2D eigenvalue weighted by atomic mass is 9.96. The monoisotopic (exact) mass is 466 g/mol. The molecule has 0 fully saturated rings. The molecule has 7 nitrogen and oxygen atoms in total. The van der Waals surface area contributed by atoms with Gasteiger partial charge in [-0.05, 0) is 55.3 Å². The van der Waals surface area contributed by atoms with Gasteiger partial charge in [-0.3, -0.25) is 9.36 Å². The van der Waals surface area contributed by atoms with Crippen molar-refractivity contribution >= 4 is 23.4 Å². The van der Waals surface area contributed by atoms with Crippen LogP contribution in [0.5, 0.6) is 11.5 Å². The van der Waals surface area contributed by atoms with Gasteiger partial charge in [0.2, 0.25) is 6.79 Å². The molecule has 0 saturated heterocycles. The zero-order valence-electron chi connectivity index (χ0n) is 17.8. The number of thiazole rings is 1. The van der Waals surface area contributed by atoms with Crippen LogP contribution >= 0.6 is 11.3 Å². The van der Waals surface area contributed by atoms with E-state index in [4.69, 9.17) is 14.2 Å². The van der Waals surface area contributed by atoms with Crippen molar-refractivity contribution in [1.82, 2.24) is 4.57 Å². The van der Waals surface area contributed by atoms with Crippen LogP contribution in [0.3, 0.4) is 0 Å². The maximum atomic E-state index is 13.6. The molecule has 2 aliphatic heterocycles. The summed E-state index contributed by atoms with van der Waals surface area (Å²) in [5.74, 6) is 0.297. The first-order valence-corrected chi connectivity index (χ1v) is 11.1. The number of halogens is 1.